The molecule has 23 heavy (non-hydrogen) atoms. The van der Waals surface area contributed by atoms with E-state index >= 15 is 0 Å². The summed E-state index contributed by atoms with van der Waals surface area (Å²) < 4.78 is 15.6. The first-order chi connectivity index (χ1) is 11.2. The van der Waals surface area contributed by atoms with Crippen LogP contribution >= 0.6 is 0 Å². The summed E-state index contributed by atoms with van der Waals surface area (Å²) in [5, 5.41) is 2.69. The third-order valence-electron chi connectivity index (χ3n) is 2.72. The number of likely N-dealkylation sites (tertiary alicyclic amines) is 1. The van der Waals surface area contributed by atoms with Gasteiger partial charge in [-0.1, -0.05) is 20.8 Å². The average Bonchev–Trinajstić information content (AvgIpc) is 2.55. The molecular formula is C16H37N3O4. The number of hydrogen-bond acceptors (Lipinski definition) is 6. The molecule has 1 amide bonds. The van der Waals surface area contributed by atoms with Crippen LogP contribution in [0.15, 0.2) is 0 Å². The number of likely N-dealkylation sites (N-methyl/N-ethyl adjacent to an activating group) is 1. The molecule has 0 atom stereocenters. The van der Waals surface area contributed by atoms with E-state index in [9.17, 15) is 4.79 Å². The Morgan fingerprint density at radius 3 is 1.91 bits per heavy atom. The average molecular weight is 335 g/mol. The van der Waals surface area contributed by atoms with E-state index in [1.165, 1.54) is 0 Å². The quantitative estimate of drug-likeness (QED) is 0.398. The van der Waals surface area contributed by atoms with Crippen molar-refractivity contribution in [1.29, 1.82) is 0 Å². The Labute approximate surface area is 141 Å². The third-order valence-corrected chi connectivity index (χ3v) is 2.72. The van der Waals surface area contributed by atoms with Gasteiger partial charge in [0.05, 0.1) is 39.1 Å². The van der Waals surface area contributed by atoms with Crippen LogP contribution in [0, 0.1) is 0 Å². The van der Waals surface area contributed by atoms with Crippen LogP contribution in [0.2, 0.25) is 0 Å². The highest BCUT2D eigenvalue weighted by molar-refractivity contribution is 5.47. The zero-order valence-corrected chi connectivity index (χ0v) is 15.4. The maximum atomic E-state index is 9.79. The summed E-state index contributed by atoms with van der Waals surface area (Å²) >= 11 is 0. The Morgan fingerprint density at radius 2 is 1.52 bits per heavy atom. The molecule has 0 bridgehead atoms. The number of nitrogens with zero attached hydrogens (tertiary/aromatic N) is 1. The van der Waals surface area contributed by atoms with Crippen molar-refractivity contribution in [2.24, 2.45) is 5.73 Å². The van der Waals surface area contributed by atoms with Gasteiger partial charge in [-0.15, -0.1) is 0 Å². The van der Waals surface area contributed by atoms with Crippen LogP contribution in [0.5, 0.6) is 0 Å². The van der Waals surface area contributed by atoms with Gasteiger partial charge in [0.1, 0.15) is 0 Å². The second kappa shape index (κ2) is 21.3. The van der Waals surface area contributed by atoms with Gasteiger partial charge < -0.3 is 30.2 Å². The number of nitrogens with two attached hydrogens (primary N) is 1. The lowest BCUT2D eigenvalue weighted by atomic mass is 10.1. The summed E-state index contributed by atoms with van der Waals surface area (Å²) in [5.41, 5.74) is 5.24. The molecule has 0 aromatic carbocycles. The number of hydrogen-bond donors (Lipinski definition) is 2. The van der Waals surface area contributed by atoms with Gasteiger partial charge >= 0.3 is 0 Å². The number of carbonyl (C=O) groups excluding carboxylic acids is 1. The summed E-state index contributed by atoms with van der Waals surface area (Å²) in [7, 11) is 2.03. The van der Waals surface area contributed by atoms with Crippen LogP contribution in [0.25, 0.3) is 0 Å². The fourth-order valence-electron chi connectivity index (χ4n) is 1.67. The zero-order valence-electron chi connectivity index (χ0n) is 15.4. The fourth-order valence-corrected chi connectivity index (χ4v) is 1.67. The highest BCUT2D eigenvalue weighted by Gasteiger charge is 2.21. The largest absolute Gasteiger partial charge is 0.379 e. The first-order valence-corrected chi connectivity index (χ1v) is 8.56. The maximum absolute atomic E-state index is 9.79. The molecule has 1 rings (SSSR count). The standard InChI is InChI=1S/C9H21NO3.C5H10N2O.C2H6/c1-2-4-11-6-8-13-9-7-12-5-3-10;1-7-2-5(3-7)6-4-8;1-2/h2-10H2,1H3;4-5H,2-3H2,1H3,(H,6,8);1-2H3. The van der Waals surface area contributed by atoms with Crippen LogP contribution in [-0.2, 0) is 19.0 Å². The number of ether oxygens (including phenoxy) is 3. The van der Waals surface area contributed by atoms with E-state index in [4.69, 9.17) is 19.9 Å². The lowest BCUT2D eigenvalue weighted by Crippen LogP contribution is -2.55. The van der Waals surface area contributed by atoms with Crippen LogP contribution in [0.1, 0.15) is 27.2 Å². The van der Waals surface area contributed by atoms with Crippen molar-refractivity contribution in [3.8, 4) is 0 Å². The Balaban J connectivity index is 0. The van der Waals surface area contributed by atoms with Crippen molar-refractivity contribution in [2.75, 3.05) is 66.3 Å². The van der Waals surface area contributed by atoms with Crippen LogP contribution in [0.4, 0.5) is 0 Å². The summed E-state index contributed by atoms with van der Waals surface area (Å²) in [5.74, 6) is 0. The SMILES string of the molecule is CC.CCCOCCOCCOCCN.CN1CC(NC=O)C1. The Hall–Kier alpha value is -0.730. The Kier molecular flexibility index (Phi) is 22.7. The Morgan fingerprint density at radius 1 is 1.04 bits per heavy atom. The second-order valence-electron chi connectivity index (χ2n) is 4.83. The second-order valence-corrected chi connectivity index (χ2v) is 4.83. The van der Waals surface area contributed by atoms with Gasteiger partial charge in [0.15, 0.2) is 0 Å². The third kappa shape index (κ3) is 19.2. The van der Waals surface area contributed by atoms with Gasteiger partial charge in [0.25, 0.3) is 0 Å². The van der Waals surface area contributed by atoms with E-state index in [2.05, 4.69) is 17.1 Å². The molecule has 0 aromatic heterocycles. The Bertz CT molecular complexity index is 217. The topological polar surface area (TPSA) is 86.1 Å². The summed E-state index contributed by atoms with van der Waals surface area (Å²) in [4.78, 5) is 11.9. The van der Waals surface area contributed by atoms with E-state index in [0.29, 0.717) is 45.6 Å². The van der Waals surface area contributed by atoms with Gasteiger partial charge in [-0.05, 0) is 13.5 Å². The number of carbonyl (C=O) groups is 1. The van der Waals surface area contributed by atoms with E-state index in [-0.39, 0.29) is 0 Å². The molecule has 0 aromatic rings. The number of amides is 1. The first kappa shape index (κ1) is 24.5. The monoisotopic (exact) mass is 335 g/mol. The summed E-state index contributed by atoms with van der Waals surface area (Å²) in [6.45, 7) is 12.6. The van der Waals surface area contributed by atoms with Crippen LogP contribution < -0.4 is 11.1 Å². The maximum Gasteiger partial charge on any atom is 0.207 e. The summed E-state index contributed by atoms with van der Waals surface area (Å²) in [6.07, 6.45) is 1.82. The molecule has 3 N–H and O–H groups in total. The van der Waals surface area contributed by atoms with Gasteiger partial charge in [-0.25, -0.2) is 0 Å². The highest BCUT2D eigenvalue weighted by Crippen LogP contribution is 2.01. The molecular weight excluding hydrogens is 298 g/mol. The van der Waals surface area contributed by atoms with E-state index in [1.807, 2.05) is 20.9 Å². The molecule has 1 heterocycles. The normalized spacial score (nSPS) is 14.0. The van der Waals surface area contributed by atoms with Crippen molar-refractivity contribution in [3.63, 3.8) is 0 Å². The van der Waals surface area contributed by atoms with Gasteiger partial charge in [-0.3, -0.25) is 4.79 Å². The predicted molar refractivity (Wildman–Crippen MR) is 93.6 cm³/mol. The van der Waals surface area contributed by atoms with Gasteiger partial charge in [0, 0.05) is 26.2 Å². The molecule has 0 spiro atoms. The molecule has 0 aliphatic carbocycles. The molecule has 1 aliphatic rings. The molecule has 7 heteroatoms. The van der Waals surface area contributed by atoms with E-state index in [1.54, 1.807) is 0 Å². The van der Waals surface area contributed by atoms with Crippen molar-refractivity contribution in [2.45, 2.75) is 33.2 Å². The lowest BCUT2D eigenvalue weighted by Gasteiger charge is -2.35. The van der Waals surface area contributed by atoms with Crippen molar-refractivity contribution >= 4 is 6.41 Å². The number of nitrogens with one attached hydrogen (secondary N) is 1. The van der Waals surface area contributed by atoms with Crippen molar-refractivity contribution < 1.29 is 19.0 Å². The summed E-state index contributed by atoms with van der Waals surface area (Å²) in [6, 6.07) is 0.414. The van der Waals surface area contributed by atoms with E-state index < -0.39 is 0 Å². The predicted octanol–water partition coefficient (Wildman–Crippen LogP) is 0.478. The first-order valence-electron chi connectivity index (χ1n) is 8.56. The zero-order chi connectivity index (χ0) is 17.8. The molecule has 1 saturated heterocycles. The van der Waals surface area contributed by atoms with Gasteiger partial charge in [0.2, 0.25) is 6.41 Å². The fraction of sp³-hybridized carbons (Fsp3) is 0.938. The molecule has 0 unspecified atom stereocenters. The molecule has 0 radical (unpaired) electrons. The van der Waals surface area contributed by atoms with Crippen LogP contribution in [0.3, 0.4) is 0 Å². The number of rotatable bonds is 12. The van der Waals surface area contributed by atoms with Crippen molar-refractivity contribution in [3.05, 3.63) is 0 Å². The minimum absolute atomic E-state index is 0.414. The molecule has 7 nitrogen and oxygen atoms in total. The molecule has 0 saturated carbocycles. The van der Waals surface area contributed by atoms with Crippen LogP contribution in [-0.4, -0.2) is 83.7 Å². The van der Waals surface area contributed by atoms with Gasteiger partial charge in [-0.2, -0.15) is 0 Å². The highest BCUT2D eigenvalue weighted by atomic mass is 16.5. The smallest absolute Gasteiger partial charge is 0.207 e. The minimum atomic E-state index is 0.414. The molecule has 1 aliphatic heterocycles. The molecule has 140 valence electrons. The lowest BCUT2D eigenvalue weighted by molar-refractivity contribution is -0.111. The van der Waals surface area contributed by atoms with E-state index in [0.717, 1.165) is 32.5 Å². The minimum Gasteiger partial charge on any atom is -0.379 e. The molecule has 1 fully saturated rings. The van der Waals surface area contributed by atoms with Crippen molar-refractivity contribution in [1.82, 2.24) is 10.2 Å².